The molecule has 2 atom stereocenters. The molecule has 2 unspecified atom stereocenters. The van der Waals surface area contributed by atoms with Crippen molar-refractivity contribution in [1.29, 1.82) is 0 Å². The highest BCUT2D eigenvalue weighted by atomic mass is 35.5. The van der Waals surface area contributed by atoms with Gasteiger partial charge in [0, 0.05) is 6.04 Å². The maximum absolute atomic E-state index is 6.08. The highest BCUT2D eigenvalue weighted by molar-refractivity contribution is 6.32. The van der Waals surface area contributed by atoms with E-state index in [4.69, 9.17) is 16.3 Å². The first-order chi connectivity index (χ1) is 7.04. The molecule has 0 amide bonds. The molecule has 0 saturated carbocycles. The van der Waals surface area contributed by atoms with Crippen LogP contribution in [-0.4, -0.2) is 19.2 Å². The molecule has 0 bridgehead atoms. The van der Waals surface area contributed by atoms with Crippen LogP contribution in [0.15, 0.2) is 18.2 Å². The van der Waals surface area contributed by atoms with Crippen molar-refractivity contribution in [2.75, 3.05) is 7.05 Å². The molecule has 0 radical (unpaired) electrons. The maximum Gasteiger partial charge on any atom is 0.138 e. The van der Waals surface area contributed by atoms with Gasteiger partial charge in [0.2, 0.25) is 0 Å². The number of hydrogen-bond acceptors (Lipinski definition) is 2. The van der Waals surface area contributed by atoms with Crippen molar-refractivity contribution in [2.45, 2.75) is 32.9 Å². The van der Waals surface area contributed by atoms with Gasteiger partial charge in [0.05, 0.1) is 5.02 Å². The minimum Gasteiger partial charge on any atom is -0.488 e. The zero-order valence-electron chi connectivity index (χ0n) is 9.67. The average molecular weight is 228 g/mol. The van der Waals surface area contributed by atoms with Crippen LogP contribution in [0, 0.1) is 6.92 Å². The van der Waals surface area contributed by atoms with Gasteiger partial charge in [-0.3, -0.25) is 0 Å². The van der Waals surface area contributed by atoms with Crippen LogP contribution in [-0.2, 0) is 0 Å². The van der Waals surface area contributed by atoms with Crippen LogP contribution in [0.25, 0.3) is 0 Å². The molecule has 0 aliphatic carbocycles. The molecule has 3 heteroatoms. The molecule has 2 nitrogen and oxygen atoms in total. The zero-order chi connectivity index (χ0) is 11.4. The summed E-state index contributed by atoms with van der Waals surface area (Å²) in [4.78, 5) is 0. The van der Waals surface area contributed by atoms with Crippen molar-refractivity contribution >= 4 is 11.6 Å². The number of rotatable bonds is 4. The van der Waals surface area contributed by atoms with Crippen LogP contribution in [0.3, 0.4) is 0 Å². The van der Waals surface area contributed by atoms with E-state index in [1.54, 1.807) is 0 Å². The highest BCUT2D eigenvalue weighted by Gasteiger charge is 2.13. The normalized spacial score (nSPS) is 14.7. The molecular weight excluding hydrogens is 210 g/mol. The molecule has 0 heterocycles. The van der Waals surface area contributed by atoms with Gasteiger partial charge in [-0.1, -0.05) is 17.7 Å². The Kier molecular flexibility index (Phi) is 4.43. The number of benzene rings is 1. The van der Waals surface area contributed by atoms with Crippen LogP contribution in [0.5, 0.6) is 5.75 Å². The lowest BCUT2D eigenvalue weighted by atomic mass is 10.2. The Hall–Kier alpha value is -0.730. The van der Waals surface area contributed by atoms with Gasteiger partial charge in [0.1, 0.15) is 11.9 Å². The third kappa shape index (κ3) is 3.40. The second-order valence-electron chi connectivity index (χ2n) is 3.83. The van der Waals surface area contributed by atoms with E-state index in [2.05, 4.69) is 12.2 Å². The van der Waals surface area contributed by atoms with E-state index in [1.807, 2.05) is 39.1 Å². The SMILES string of the molecule is CNC(C)C(C)Oc1ccc(C)cc1Cl. The monoisotopic (exact) mass is 227 g/mol. The molecule has 0 aromatic heterocycles. The van der Waals surface area contributed by atoms with Crippen LogP contribution >= 0.6 is 11.6 Å². The van der Waals surface area contributed by atoms with Gasteiger partial charge < -0.3 is 10.1 Å². The van der Waals surface area contributed by atoms with E-state index in [0.717, 1.165) is 11.3 Å². The Labute approximate surface area is 96.6 Å². The topological polar surface area (TPSA) is 21.3 Å². The summed E-state index contributed by atoms with van der Waals surface area (Å²) in [5.74, 6) is 0.747. The van der Waals surface area contributed by atoms with Gasteiger partial charge in [-0.2, -0.15) is 0 Å². The molecule has 0 spiro atoms. The van der Waals surface area contributed by atoms with E-state index in [-0.39, 0.29) is 6.10 Å². The van der Waals surface area contributed by atoms with Crippen LogP contribution in [0.4, 0.5) is 0 Å². The number of aryl methyl sites for hydroxylation is 1. The first kappa shape index (κ1) is 12.3. The zero-order valence-corrected chi connectivity index (χ0v) is 10.4. The highest BCUT2D eigenvalue weighted by Crippen LogP contribution is 2.26. The molecule has 1 N–H and O–H groups in total. The Morgan fingerprint density at radius 2 is 2.00 bits per heavy atom. The van der Waals surface area contributed by atoms with E-state index < -0.39 is 0 Å². The lowest BCUT2D eigenvalue weighted by molar-refractivity contribution is 0.182. The summed E-state index contributed by atoms with van der Waals surface area (Å²) in [6.07, 6.45) is 0.0928. The predicted molar refractivity (Wildman–Crippen MR) is 64.8 cm³/mol. The van der Waals surface area contributed by atoms with Crippen molar-refractivity contribution in [3.63, 3.8) is 0 Å². The second-order valence-corrected chi connectivity index (χ2v) is 4.24. The van der Waals surface area contributed by atoms with Crippen LogP contribution in [0.2, 0.25) is 5.02 Å². The Morgan fingerprint density at radius 3 is 2.53 bits per heavy atom. The number of halogens is 1. The fourth-order valence-electron chi connectivity index (χ4n) is 1.24. The van der Waals surface area contributed by atoms with Crippen molar-refractivity contribution in [2.24, 2.45) is 0 Å². The quantitative estimate of drug-likeness (QED) is 0.854. The summed E-state index contributed by atoms with van der Waals surface area (Å²) in [5, 5.41) is 3.82. The van der Waals surface area contributed by atoms with Crippen LogP contribution < -0.4 is 10.1 Å². The second kappa shape index (κ2) is 5.38. The number of ether oxygens (including phenoxy) is 1. The first-order valence-corrected chi connectivity index (χ1v) is 5.52. The third-order valence-electron chi connectivity index (χ3n) is 2.56. The molecule has 0 aliphatic heterocycles. The standard InChI is InChI=1S/C12H18ClNO/c1-8-5-6-12(11(13)7-8)15-10(3)9(2)14-4/h5-7,9-10,14H,1-4H3. The largest absolute Gasteiger partial charge is 0.488 e. The fourth-order valence-corrected chi connectivity index (χ4v) is 1.52. The van der Waals surface area contributed by atoms with Gasteiger partial charge in [-0.05, 0) is 45.5 Å². The van der Waals surface area contributed by atoms with Gasteiger partial charge in [-0.15, -0.1) is 0 Å². The van der Waals surface area contributed by atoms with E-state index in [0.29, 0.717) is 11.1 Å². The summed E-state index contributed by atoms with van der Waals surface area (Å²) in [6.45, 7) is 6.11. The lowest BCUT2D eigenvalue weighted by Crippen LogP contribution is -2.36. The minimum absolute atomic E-state index is 0.0928. The molecule has 0 saturated heterocycles. The van der Waals surface area contributed by atoms with Crippen molar-refractivity contribution in [1.82, 2.24) is 5.32 Å². The maximum atomic E-state index is 6.08. The Bertz CT molecular complexity index is 327. The summed E-state index contributed by atoms with van der Waals surface area (Å²) >= 11 is 6.08. The smallest absolute Gasteiger partial charge is 0.138 e. The summed E-state index contributed by atoms with van der Waals surface area (Å²) in [5.41, 5.74) is 1.14. The molecule has 0 aliphatic rings. The number of nitrogens with one attached hydrogen (secondary N) is 1. The van der Waals surface area contributed by atoms with E-state index >= 15 is 0 Å². The van der Waals surface area contributed by atoms with Gasteiger partial charge in [-0.25, -0.2) is 0 Å². The van der Waals surface area contributed by atoms with Gasteiger partial charge >= 0.3 is 0 Å². The summed E-state index contributed by atoms with van der Waals surface area (Å²) < 4.78 is 5.76. The lowest BCUT2D eigenvalue weighted by Gasteiger charge is -2.21. The third-order valence-corrected chi connectivity index (χ3v) is 2.86. The average Bonchev–Trinajstić information content (AvgIpc) is 2.20. The number of hydrogen-bond donors (Lipinski definition) is 1. The molecule has 1 rings (SSSR count). The Balaban J connectivity index is 2.72. The van der Waals surface area contributed by atoms with Crippen LogP contribution in [0.1, 0.15) is 19.4 Å². The minimum atomic E-state index is 0.0928. The molecule has 0 fully saturated rings. The summed E-state index contributed by atoms with van der Waals surface area (Å²) in [6, 6.07) is 6.12. The van der Waals surface area contributed by atoms with Gasteiger partial charge in [0.25, 0.3) is 0 Å². The van der Waals surface area contributed by atoms with Crippen molar-refractivity contribution in [3.8, 4) is 5.75 Å². The molecular formula is C12H18ClNO. The number of likely N-dealkylation sites (N-methyl/N-ethyl adjacent to an activating group) is 1. The first-order valence-electron chi connectivity index (χ1n) is 5.14. The summed E-state index contributed by atoms with van der Waals surface area (Å²) in [7, 11) is 1.92. The molecule has 84 valence electrons. The van der Waals surface area contributed by atoms with Crippen molar-refractivity contribution in [3.05, 3.63) is 28.8 Å². The Morgan fingerprint density at radius 1 is 1.33 bits per heavy atom. The van der Waals surface area contributed by atoms with E-state index in [1.165, 1.54) is 0 Å². The fraction of sp³-hybridized carbons (Fsp3) is 0.500. The predicted octanol–water partition coefficient (Wildman–Crippen LogP) is 3.02. The molecule has 1 aromatic carbocycles. The van der Waals surface area contributed by atoms with Gasteiger partial charge in [0.15, 0.2) is 0 Å². The molecule has 15 heavy (non-hydrogen) atoms. The van der Waals surface area contributed by atoms with Crippen molar-refractivity contribution < 1.29 is 4.74 Å². The van der Waals surface area contributed by atoms with E-state index in [9.17, 15) is 0 Å². The molecule has 1 aromatic rings.